The van der Waals surface area contributed by atoms with Crippen molar-refractivity contribution in [3.05, 3.63) is 34.2 Å². The molecule has 2 aromatic rings. The van der Waals surface area contributed by atoms with Gasteiger partial charge in [-0.1, -0.05) is 25.7 Å². The van der Waals surface area contributed by atoms with Crippen molar-refractivity contribution in [2.45, 2.75) is 45.1 Å². The number of H-pyrrole nitrogens is 1. The average Bonchev–Trinajstić information content (AvgIpc) is 3.06. The van der Waals surface area contributed by atoms with Gasteiger partial charge >= 0.3 is 11.7 Å². The highest BCUT2D eigenvalue weighted by Crippen LogP contribution is 2.28. The van der Waals surface area contributed by atoms with Crippen molar-refractivity contribution >= 4 is 17.0 Å². The second kappa shape index (κ2) is 5.76. The Morgan fingerprint density at radius 3 is 2.81 bits per heavy atom. The molecule has 0 atom stereocenters. The number of hydrogen-bond acceptors (Lipinski definition) is 2. The van der Waals surface area contributed by atoms with Crippen LogP contribution >= 0.6 is 0 Å². The van der Waals surface area contributed by atoms with Gasteiger partial charge in [0.25, 0.3) is 0 Å². The summed E-state index contributed by atoms with van der Waals surface area (Å²) in [6.07, 6.45) is 7.51. The lowest BCUT2D eigenvalue weighted by Gasteiger charge is -2.09. The zero-order chi connectivity index (χ0) is 14.8. The van der Waals surface area contributed by atoms with Crippen LogP contribution in [-0.4, -0.2) is 20.6 Å². The SMILES string of the molecule is O=C(O)c1ccc2c(c1)[nH]c(=O)n2CCCC1CCCC1. The number of aromatic nitrogens is 2. The summed E-state index contributed by atoms with van der Waals surface area (Å²) in [5, 5.41) is 8.98. The Labute approximate surface area is 122 Å². The number of carboxylic acids is 1. The van der Waals surface area contributed by atoms with Crippen molar-refractivity contribution in [3.8, 4) is 0 Å². The molecule has 0 amide bonds. The third-order valence-electron chi connectivity index (χ3n) is 4.49. The maximum atomic E-state index is 12.0. The van der Waals surface area contributed by atoms with E-state index in [0.29, 0.717) is 12.1 Å². The average molecular weight is 288 g/mol. The highest BCUT2D eigenvalue weighted by Gasteiger charge is 2.15. The second-order valence-electron chi connectivity index (χ2n) is 5.91. The molecule has 0 radical (unpaired) electrons. The highest BCUT2D eigenvalue weighted by atomic mass is 16.4. The fourth-order valence-corrected chi connectivity index (χ4v) is 3.36. The van der Waals surface area contributed by atoms with Gasteiger partial charge in [0.15, 0.2) is 0 Å². The Morgan fingerprint density at radius 1 is 1.33 bits per heavy atom. The van der Waals surface area contributed by atoms with Gasteiger partial charge in [0, 0.05) is 6.54 Å². The molecule has 3 rings (SSSR count). The van der Waals surface area contributed by atoms with E-state index in [0.717, 1.165) is 17.9 Å². The minimum atomic E-state index is -0.980. The van der Waals surface area contributed by atoms with Crippen molar-refractivity contribution < 1.29 is 9.90 Å². The predicted molar refractivity (Wildman–Crippen MR) is 80.7 cm³/mol. The van der Waals surface area contributed by atoms with Crippen LogP contribution in [0, 0.1) is 5.92 Å². The van der Waals surface area contributed by atoms with Gasteiger partial charge < -0.3 is 10.1 Å². The summed E-state index contributed by atoms with van der Waals surface area (Å²) in [7, 11) is 0. The molecule has 5 nitrogen and oxygen atoms in total. The van der Waals surface area contributed by atoms with E-state index < -0.39 is 5.97 Å². The van der Waals surface area contributed by atoms with Crippen LogP contribution in [0.5, 0.6) is 0 Å². The number of nitrogens with zero attached hydrogens (tertiary/aromatic N) is 1. The minimum absolute atomic E-state index is 0.154. The number of rotatable bonds is 5. The molecule has 0 unspecified atom stereocenters. The molecule has 0 spiro atoms. The maximum Gasteiger partial charge on any atom is 0.335 e. The summed E-state index contributed by atoms with van der Waals surface area (Å²) in [5.74, 6) is -0.156. The molecule has 0 aliphatic heterocycles. The largest absolute Gasteiger partial charge is 0.478 e. The molecule has 1 aliphatic rings. The molecule has 0 bridgehead atoms. The molecule has 1 aliphatic carbocycles. The molecule has 5 heteroatoms. The number of carboxylic acid groups (broad SMARTS) is 1. The molecular weight excluding hydrogens is 268 g/mol. The van der Waals surface area contributed by atoms with Gasteiger partial charge in [-0.3, -0.25) is 4.57 Å². The number of fused-ring (bicyclic) bond motifs is 1. The third kappa shape index (κ3) is 2.86. The number of nitrogens with one attached hydrogen (secondary N) is 1. The van der Waals surface area contributed by atoms with Crippen LogP contribution in [0.3, 0.4) is 0 Å². The lowest BCUT2D eigenvalue weighted by molar-refractivity contribution is 0.0697. The zero-order valence-electron chi connectivity index (χ0n) is 12.0. The fourth-order valence-electron chi connectivity index (χ4n) is 3.36. The smallest absolute Gasteiger partial charge is 0.335 e. The van der Waals surface area contributed by atoms with Gasteiger partial charge in [0.05, 0.1) is 16.6 Å². The molecule has 112 valence electrons. The van der Waals surface area contributed by atoms with Crippen LogP contribution in [0.25, 0.3) is 11.0 Å². The van der Waals surface area contributed by atoms with Crippen molar-refractivity contribution in [1.82, 2.24) is 9.55 Å². The summed E-state index contributed by atoms with van der Waals surface area (Å²) < 4.78 is 1.72. The first-order valence-electron chi connectivity index (χ1n) is 7.61. The first-order valence-corrected chi connectivity index (χ1v) is 7.61. The van der Waals surface area contributed by atoms with Gasteiger partial charge in [-0.2, -0.15) is 0 Å². The summed E-state index contributed by atoms with van der Waals surface area (Å²) in [5.41, 5.74) is 1.43. The monoisotopic (exact) mass is 288 g/mol. The lowest BCUT2D eigenvalue weighted by Crippen LogP contribution is -2.17. The summed E-state index contributed by atoms with van der Waals surface area (Å²) in [6.45, 7) is 0.696. The number of carbonyl (C=O) groups is 1. The second-order valence-corrected chi connectivity index (χ2v) is 5.91. The van der Waals surface area contributed by atoms with Crippen LogP contribution in [0.1, 0.15) is 48.9 Å². The Bertz CT molecular complexity index is 708. The first kappa shape index (κ1) is 13.9. The summed E-state index contributed by atoms with van der Waals surface area (Å²) in [6, 6.07) is 4.78. The van der Waals surface area contributed by atoms with E-state index in [-0.39, 0.29) is 11.3 Å². The minimum Gasteiger partial charge on any atom is -0.478 e. The number of hydrogen-bond donors (Lipinski definition) is 2. The van der Waals surface area contributed by atoms with E-state index in [4.69, 9.17) is 5.11 Å². The number of benzene rings is 1. The van der Waals surface area contributed by atoms with E-state index in [1.807, 2.05) is 0 Å². The van der Waals surface area contributed by atoms with Crippen LogP contribution in [-0.2, 0) is 6.54 Å². The Morgan fingerprint density at radius 2 is 2.10 bits per heavy atom. The molecule has 0 saturated heterocycles. The van der Waals surface area contributed by atoms with E-state index in [9.17, 15) is 9.59 Å². The predicted octanol–water partition coefficient (Wildman–Crippen LogP) is 3.00. The van der Waals surface area contributed by atoms with Gasteiger partial charge in [0.1, 0.15) is 0 Å². The van der Waals surface area contributed by atoms with Gasteiger partial charge in [-0.15, -0.1) is 0 Å². The Balaban J connectivity index is 1.76. The lowest BCUT2D eigenvalue weighted by atomic mass is 10.0. The molecule has 1 aromatic carbocycles. The van der Waals surface area contributed by atoms with E-state index >= 15 is 0 Å². The van der Waals surface area contributed by atoms with Crippen molar-refractivity contribution in [2.75, 3.05) is 0 Å². The first-order chi connectivity index (χ1) is 10.1. The van der Waals surface area contributed by atoms with Crippen LogP contribution < -0.4 is 5.69 Å². The zero-order valence-corrected chi connectivity index (χ0v) is 12.0. The van der Waals surface area contributed by atoms with Crippen molar-refractivity contribution in [3.63, 3.8) is 0 Å². The molecule has 21 heavy (non-hydrogen) atoms. The van der Waals surface area contributed by atoms with Crippen molar-refractivity contribution in [1.29, 1.82) is 0 Å². The highest BCUT2D eigenvalue weighted by molar-refractivity contribution is 5.92. The van der Waals surface area contributed by atoms with Crippen LogP contribution in [0.4, 0.5) is 0 Å². The number of aryl methyl sites for hydroxylation is 1. The molecule has 1 fully saturated rings. The number of aromatic amines is 1. The number of imidazole rings is 1. The molecule has 2 N–H and O–H groups in total. The Kier molecular flexibility index (Phi) is 3.82. The topological polar surface area (TPSA) is 75.1 Å². The van der Waals surface area contributed by atoms with Crippen molar-refractivity contribution in [2.24, 2.45) is 5.92 Å². The Hall–Kier alpha value is -2.04. The summed E-state index contributed by atoms with van der Waals surface area (Å²) in [4.78, 5) is 25.7. The standard InChI is InChI=1S/C16H20N2O3/c19-15(20)12-7-8-14-13(10-12)17-16(21)18(14)9-3-6-11-4-1-2-5-11/h7-8,10-11H,1-6,9H2,(H,17,21)(H,19,20). The quantitative estimate of drug-likeness (QED) is 0.888. The van der Waals surface area contributed by atoms with Gasteiger partial charge in [-0.25, -0.2) is 9.59 Å². The van der Waals surface area contributed by atoms with Crippen LogP contribution in [0.15, 0.2) is 23.0 Å². The summed E-state index contributed by atoms with van der Waals surface area (Å²) >= 11 is 0. The van der Waals surface area contributed by atoms with Gasteiger partial charge in [0.2, 0.25) is 0 Å². The molecule has 1 heterocycles. The van der Waals surface area contributed by atoms with E-state index in [1.165, 1.54) is 38.2 Å². The fraction of sp³-hybridized carbons (Fsp3) is 0.500. The molecular formula is C16H20N2O3. The normalized spacial score (nSPS) is 15.8. The molecule has 1 saturated carbocycles. The van der Waals surface area contributed by atoms with Crippen LogP contribution in [0.2, 0.25) is 0 Å². The van der Waals surface area contributed by atoms with E-state index in [2.05, 4.69) is 4.98 Å². The maximum absolute atomic E-state index is 12.0. The third-order valence-corrected chi connectivity index (χ3v) is 4.49. The van der Waals surface area contributed by atoms with Gasteiger partial charge in [-0.05, 0) is 37.0 Å². The molecule has 1 aromatic heterocycles. The number of aromatic carboxylic acids is 1. The van der Waals surface area contributed by atoms with E-state index in [1.54, 1.807) is 16.7 Å².